The number of hydrogen-bond acceptors (Lipinski definition) is 5. The van der Waals surface area contributed by atoms with Gasteiger partial charge in [-0.05, 0) is 14.0 Å². The van der Waals surface area contributed by atoms with Crippen LogP contribution >= 0.6 is 11.6 Å². The Morgan fingerprint density at radius 3 is 2.85 bits per heavy atom. The first-order valence-corrected chi connectivity index (χ1v) is 6.57. The molecule has 0 N–H and O–H groups in total. The lowest BCUT2D eigenvalue weighted by Crippen LogP contribution is -2.52. The molecule has 0 bridgehead atoms. The second-order valence-electron chi connectivity index (χ2n) is 4.90. The summed E-state index contributed by atoms with van der Waals surface area (Å²) in [7, 11) is 1.99. The number of hydrogen-bond donors (Lipinski definition) is 0. The third-order valence-electron chi connectivity index (χ3n) is 3.36. The molecule has 1 atom stereocenters. The molecule has 0 spiro atoms. The number of aromatic nitrogens is 1. The van der Waals surface area contributed by atoms with Crippen molar-refractivity contribution >= 4 is 23.2 Å². The smallest absolute Gasteiger partial charge is 0.288 e. The van der Waals surface area contributed by atoms with Crippen LogP contribution < -0.4 is 0 Å². The highest BCUT2D eigenvalue weighted by Gasteiger charge is 2.29. The first-order valence-electron chi connectivity index (χ1n) is 6.19. The van der Waals surface area contributed by atoms with Gasteiger partial charge in [-0.2, -0.15) is 0 Å². The van der Waals surface area contributed by atoms with Gasteiger partial charge in [0.2, 0.25) is 0 Å². The molecule has 20 heavy (non-hydrogen) atoms. The molecule has 1 fully saturated rings. The predicted octanol–water partition coefficient (Wildman–Crippen LogP) is 1.42. The van der Waals surface area contributed by atoms with Gasteiger partial charge in [-0.25, -0.2) is 4.98 Å². The molecule has 0 aliphatic carbocycles. The van der Waals surface area contributed by atoms with E-state index in [0.29, 0.717) is 6.54 Å². The molecule has 1 unspecified atom stereocenters. The van der Waals surface area contributed by atoms with Crippen molar-refractivity contribution in [2.45, 2.75) is 13.0 Å². The number of likely N-dealkylation sites (N-methyl/N-ethyl adjacent to an activating group) is 1. The maximum absolute atomic E-state index is 12.5. The van der Waals surface area contributed by atoms with Crippen molar-refractivity contribution in [2.24, 2.45) is 0 Å². The highest BCUT2D eigenvalue weighted by atomic mass is 35.5. The largest absolute Gasteiger partial charge is 0.333 e. The van der Waals surface area contributed by atoms with Crippen LogP contribution in [0.4, 0.5) is 5.69 Å². The molecule has 108 valence electrons. The predicted molar refractivity (Wildman–Crippen MR) is 73.9 cm³/mol. The van der Waals surface area contributed by atoms with E-state index in [1.165, 1.54) is 6.07 Å². The van der Waals surface area contributed by atoms with Gasteiger partial charge in [0, 0.05) is 31.7 Å². The van der Waals surface area contributed by atoms with Crippen LogP contribution in [-0.2, 0) is 0 Å². The van der Waals surface area contributed by atoms with E-state index >= 15 is 0 Å². The zero-order valence-electron chi connectivity index (χ0n) is 11.2. The lowest BCUT2D eigenvalue weighted by molar-refractivity contribution is -0.385. The summed E-state index contributed by atoms with van der Waals surface area (Å²) in [6.45, 7) is 4.02. The highest BCUT2D eigenvalue weighted by Crippen LogP contribution is 2.22. The Morgan fingerprint density at radius 2 is 2.25 bits per heavy atom. The van der Waals surface area contributed by atoms with E-state index in [1.54, 1.807) is 4.90 Å². The molecule has 7 nitrogen and oxygen atoms in total. The summed E-state index contributed by atoms with van der Waals surface area (Å²) in [5, 5.41) is 10.8. The summed E-state index contributed by atoms with van der Waals surface area (Å²) >= 11 is 5.90. The van der Waals surface area contributed by atoms with Gasteiger partial charge in [0.1, 0.15) is 11.3 Å². The topological polar surface area (TPSA) is 79.6 Å². The molecule has 0 aromatic carbocycles. The molecule has 0 saturated carbocycles. The van der Waals surface area contributed by atoms with Gasteiger partial charge in [0.15, 0.2) is 0 Å². The lowest BCUT2D eigenvalue weighted by Gasteiger charge is -2.38. The fourth-order valence-corrected chi connectivity index (χ4v) is 2.47. The average molecular weight is 299 g/mol. The number of carbonyl (C=O) groups is 1. The van der Waals surface area contributed by atoms with Crippen molar-refractivity contribution < 1.29 is 9.72 Å². The Bertz CT molecular complexity index is 552. The van der Waals surface area contributed by atoms with E-state index in [-0.39, 0.29) is 28.4 Å². The molecular weight excluding hydrogens is 284 g/mol. The highest BCUT2D eigenvalue weighted by molar-refractivity contribution is 6.32. The molecule has 0 radical (unpaired) electrons. The van der Waals surface area contributed by atoms with E-state index in [9.17, 15) is 14.9 Å². The number of nitrogens with zero attached hydrogens (tertiary/aromatic N) is 4. The standard InChI is InChI=1S/C12H15ClN4O3/c1-8-7-15(2)3-4-16(8)12(18)10-5-9(17(19)20)6-14-11(10)13/h5-6,8H,3-4,7H2,1-2H3. The summed E-state index contributed by atoms with van der Waals surface area (Å²) in [4.78, 5) is 30.2. The SMILES string of the molecule is CC1CN(C)CCN1C(=O)c1cc([N+](=O)[O-])cnc1Cl. The Labute approximate surface area is 121 Å². The fraction of sp³-hybridized carbons (Fsp3) is 0.500. The quantitative estimate of drug-likeness (QED) is 0.469. The van der Waals surface area contributed by atoms with E-state index in [0.717, 1.165) is 19.3 Å². The number of carbonyl (C=O) groups excluding carboxylic acids is 1. The van der Waals surface area contributed by atoms with E-state index in [1.807, 2.05) is 14.0 Å². The summed E-state index contributed by atoms with van der Waals surface area (Å²) < 4.78 is 0. The summed E-state index contributed by atoms with van der Waals surface area (Å²) in [6, 6.07) is 1.21. The third-order valence-corrected chi connectivity index (χ3v) is 3.66. The molecule has 2 heterocycles. The second-order valence-corrected chi connectivity index (χ2v) is 5.26. The second kappa shape index (κ2) is 5.72. The van der Waals surface area contributed by atoms with Gasteiger partial charge in [-0.1, -0.05) is 11.6 Å². The zero-order valence-corrected chi connectivity index (χ0v) is 12.0. The lowest BCUT2D eigenvalue weighted by atomic mass is 10.1. The number of pyridine rings is 1. The van der Waals surface area contributed by atoms with E-state index < -0.39 is 4.92 Å². The summed E-state index contributed by atoms with van der Waals surface area (Å²) in [5.74, 6) is -0.313. The van der Waals surface area contributed by atoms with Crippen LogP contribution in [0.2, 0.25) is 5.15 Å². The minimum atomic E-state index is -0.590. The molecule has 1 aliphatic heterocycles. The van der Waals surface area contributed by atoms with Crippen LogP contribution in [0.25, 0.3) is 0 Å². The molecule has 1 amide bonds. The number of rotatable bonds is 2. The van der Waals surface area contributed by atoms with Gasteiger partial charge in [-0.15, -0.1) is 0 Å². The third kappa shape index (κ3) is 2.88. The Kier molecular flexibility index (Phi) is 4.20. The number of halogens is 1. The Balaban J connectivity index is 2.29. The Hall–Kier alpha value is -1.73. The van der Waals surface area contributed by atoms with Gasteiger partial charge < -0.3 is 9.80 Å². The van der Waals surface area contributed by atoms with Crippen LogP contribution in [0.3, 0.4) is 0 Å². The van der Waals surface area contributed by atoms with Gasteiger partial charge >= 0.3 is 0 Å². The zero-order chi connectivity index (χ0) is 14.9. The van der Waals surface area contributed by atoms with Crippen LogP contribution in [-0.4, -0.2) is 58.3 Å². The average Bonchev–Trinajstić information content (AvgIpc) is 2.38. The van der Waals surface area contributed by atoms with E-state index in [2.05, 4.69) is 9.88 Å². The molecular formula is C12H15ClN4O3. The number of piperazine rings is 1. The normalized spacial score (nSPS) is 19.9. The van der Waals surface area contributed by atoms with Crippen molar-refractivity contribution in [3.8, 4) is 0 Å². The minimum Gasteiger partial charge on any atom is -0.333 e. The van der Waals surface area contributed by atoms with Crippen molar-refractivity contribution in [3.05, 3.63) is 33.1 Å². The van der Waals surface area contributed by atoms with Crippen molar-refractivity contribution in [3.63, 3.8) is 0 Å². The molecule has 1 aliphatic rings. The van der Waals surface area contributed by atoms with Gasteiger partial charge in [0.05, 0.1) is 10.5 Å². The molecule has 2 rings (SSSR count). The molecule has 8 heteroatoms. The Morgan fingerprint density at radius 1 is 1.55 bits per heavy atom. The summed E-state index contributed by atoms with van der Waals surface area (Å²) in [5.41, 5.74) is -0.156. The first kappa shape index (κ1) is 14.7. The monoisotopic (exact) mass is 298 g/mol. The van der Waals surface area contributed by atoms with Crippen LogP contribution in [0, 0.1) is 10.1 Å². The first-order chi connectivity index (χ1) is 9.40. The summed E-state index contributed by atoms with van der Waals surface area (Å²) in [6.07, 6.45) is 1.05. The number of nitro groups is 1. The molecule has 1 saturated heterocycles. The van der Waals surface area contributed by atoms with Crippen LogP contribution in [0.1, 0.15) is 17.3 Å². The van der Waals surface area contributed by atoms with E-state index in [4.69, 9.17) is 11.6 Å². The maximum atomic E-state index is 12.5. The molecule has 1 aromatic heterocycles. The molecule has 1 aromatic rings. The maximum Gasteiger partial charge on any atom is 0.288 e. The van der Waals surface area contributed by atoms with Crippen LogP contribution in [0.5, 0.6) is 0 Å². The van der Waals surface area contributed by atoms with Gasteiger partial charge in [-0.3, -0.25) is 14.9 Å². The van der Waals surface area contributed by atoms with Crippen LogP contribution in [0.15, 0.2) is 12.3 Å². The fourth-order valence-electron chi connectivity index (χ4n) is 2.28. The van der Waals surface area contributed by atoms with Crippen molar-refractivity contribution in [1.29, 1.82) is 0 Å². The number of amides is 1. The minimum absolute atomic E-state index is 0.00766. The van der Waals surface area contributed by atoms with Gasteiger partial charge in [0.25, 0.3) is 11.6 Å². The van der Waals surface area contributed by atoms with Crippen molar-refractivity contribution in [2.75, 3.05) is 26.7 Å². The van der Waals surface area contributed by atoms with Crippen molar-refractivity contribution in [1.82, 2.24) is 14.8 Å².